The number of likely N-dealkylation sites (N-methyl/N-ethyl adjacent to an activating group) is 4. The number of hydrogen-bond donors (Lipinski definition) is 3. The van der Waals surface area contributed by atoms with Crippen LogP contribution in [0.2, 0.25) is 15.1 Å². The number of rotatable bonds is 21. The van der Waals surface area contributed by atoms with Gasteiger partial charge in [-0.3, -0.25) is 0 Å². The fourth-order valence-electron chi connectivity index (χ4n) is 10.1. The molecule has 5 aromatic carbocycles. The van der Waals surface area contributed by atoms with Crippen LogP contribution < -0.4 is 40.3 Å². The summed E-state index contributed by atoms with van der Waals surface area (Å²) < 4.78 is 5.41. The lowest BCUT2D eigenvalue weighted by Crippen LogP contribution is -2.51. The van der Waals surface area contributed by atoms with Gasteiger partial charge in [0.25, 0.3) is 0 Å². The van der Waals surface area contributed by atoms with Crippen LogP contribution in [0.3, 0.4) is 0 Å². The van der Waals surface area contributed by atoms with Gasteiger partial charge in [-0.25, -0.2) is 0 Å². The second-order valence-electron chi connectivity index (χ2n) is 20.7. The lowest BCUT2D eigenvalue weighted by atomic mass is 9.87. The van der Waals surface area contributed by atoms with Crippen molar-refractivity contribution in [3.05, 3.63) is 148 Å². The first-order valence-electron chi connectivity index (χ1n) is 29.7. The van der Waals surface area contributed by atoms with E-state index in [0.29, 0.717) is 34.2 Å². The third-order valence-corrected chi connectivity index (χ3v) is 14.9. The van der Waals surface area contributed by atoms with Crippen molar-refractivity contribution in [1.29, 1.82) is 0 Å². The van der Waals surface area contributed by atoms with Gasteiger partial charge in [0.2, 0.25) is 0 Å². The number of nitrogens with zero attached hydrogens (tertiary/aromatic N) is 4. The van der Waals surface area contributed by atoms with Crippen LogP contribution in [0.4, 0.5) is 22.7 Å². The molecule has 2 aliphatic rings. The summed E-state index contributed by atoms with van der Waals surface area (Å²) in [7, 11) is 10.3. The van der Waals surface area contributed by atoms with Gasteiger partial charge >= 0.3 is 0 Å². The van der Waals surface area contributed by atoms with Crippen LogP contribution in [0, 0.1) is 13.8 Å². The van der Waals surface area contributed by atoms with Crippen LogP contribution in [0.5, 0.6) is 5.75 Å². The Morgan fingerprint density at radius 1 is 0.450 bits per heavy atom. The van der Waals surface area contributed by atoms with Gasteiger partial charge in [0.05, 0.1) is 7.11 Å². The number of benzene rings is 5. The Balaban J connectivity index is 0.00000100. The highest BCUT2D eigenvalue weighted by Crippen LogP contribution is 2.33. The standard InChI is InChI=1S/C22H30N2O.C18H32N2.C8H18N2.C7H7Cl.C6H4Cl2.C6H15N.2CH4/c1-17-9-7-10-18(15-17)23(2)21-13-5-6-14-22(21)24(3)19-11-8-12-20(16-19)25-4;1-5-12-19(13-6-2)17-10-9-11-18(16-17)20(14-7-3)15-8-4;1-9-7-5-3-4-6-8(7)10-2;1-6-3-2-4-7(8)5-6;7-5-2-1-3-6(8)4-5;1-3-5-7-6-4-2;;/h7-12,15-16,21-22H,5-6,13-14H2,1-4H3;9-11,16H,5-8,12-15H2,1-4H3;7-10H,3-6H2,1-2H3;2-5H,1H3;1-4H;7H,3-6H2,1-2H3;2*1H4/t21-,22-;;7-,8-;;;;;/m1.1...../s1. The highest BCUT2D eigenvalue weighted by atomic mass is 35.5. The van der Waals surface area contributed by atoms with Crippen molar-refractivity contribution in [2.75, 3.05) is 94.2 Å². The first-order valence-corrected chi connectivity index (χ1v) is 30.8. The summed E-state index contributed by atoms with van der Waals surface area (Å²) in [6.07, 6.45) is 17.9. The zero-order chi connectivity index (χ0) is 57.5. The monoisotopic (exact) mass is 1160 g/mol. The molecule has 0 aliphatic heterocycles. The van der Waals surface area contributed by atoms with Crippen molar-refractivity contribution in [3.8, 4) is 5.75 Å². The average molecular weight is 1160 g/mol. The van der Waals surface area contributed by atoms with E-state index in [0.717, 1.165) is 37.0 Å². The minimum absolute atomic E-state index is 0. The van der Waals surface area contributed by atoms with E-state index < -0.39 is 0 Å². The number of nitrogens with one attached hydrogen (secondary N) is 3. The van der Waals surface area contributed by atoms with Crippen LogP contribution >= 0.6 is 34.8 Å². The molecule has 0 amide bonds. The predicted octanol–water partition coefficient (Wildman–Crippen LogP) is 18.9. The molecule has 2 saturated carbocycles. The van der Waals surface area contributed by atoms with E-state index in [1.807, 2.05) is 43.3 Å². The molecule has 5 aromatic rings. The molecule has 2 aliphatic carbocycles. The smallest absolute Gasteiger partial charge is 0.120 e. The van der Waals surface area contributed by atoms with Crippen LogP contribution in [-0.4, -0.2) is 98.7 Å². The molecule has 0 spiro atoms. The molecule has 0 radical (unpaired) electrons. The number of anilines is 4. The van der Waals surface area contributed by atoms with E-state index in [2.05, 4.69) is 179 Å². The maximum Gasteiger partial charge on any atom is 0.120 e. The summed E-state index contributed by atoms with van der Waals surface area (Å²) in [6, 6.07) is 43.6. The van der Waals surface area contributed by atoms with Crippen molar-refractivity contribution in [1.82, 2.24) is 16.0 Å². The Bertz CT molecular complexity index is 2130. The van der Waals surface area contributed by atoms with E-state index in [9.17, 15) is 0 Å². The van der Waals surface area contributed by atoms with Gasteiger partial charge in [0.15, 0.2) is 0 Å². The molecular weight excluding hydrogens is 1050 g/mol. The molecule has 7 rings (SSSR count). The minimum Gasteiger partial charge on any atom is -0.497 e. The van der Waals surface area contributed by atoms with E-state index in [-0.39, 0.29) is 14.9 Å². The maximum atomic E-state index is 5.64. The minimum atomic E-state index is 0. The van der Waals surface area contributed by atoms with E-state index in [1.54, 1.807) is 25.3 Å². The molecule has 11 heteroatoms. The van der Waals surface area contributed by atoms with E-state index in [4.69, 9.17) is 39.5 Å². The third-order valence-electron chi connectivity index (χ3n) is 14.2. The van der Waals surface area contributed by atoms with Crippen molar-refractivity contribution < 1.29 is 4.74 Å². The van der Waals surface area contributed by atoms with Crippen LogP contribution in [0.1, 0.15) is 157 Å². The zero-order valence-electron chi connectivity index (χ0n) is 50.8. The molecule has 0 saturated heterocycles. The molecule has 4 atom stereocenters. The Kier molecular flexibility index (Phi) is 43.9. The summed E-state index contributed by atoms with van der Waals surface area (Å²) in [4.78, 5) is 9.95. The second-order valence-corrected chi connectivity index (χ2v) is 22.0. The molecule has 3 N–H and O–H groups in total. The highest BCUT2D eigenvalue weighted by molar-refractivity contribution is 6.34. The average Bonchev–Trinajstić information content (AvgIpc) is 3.45. The summed E-state index contributed by atoms with van der Waals surface area (Å²) in [5, 5.41) is 12.1. The zero-order valence-corrected chi connectivity index (χ0v) is 53.1. The predicted molar refractivity (Wildman–Crippen MR) is 363 cm³/mol. The molecule has 0 heterocycles. The van der Waals surface area contributed by atoms with Crippen molar-refractivity contribution in [2.45, 2.75) is 184 Å². The molecule has 452 valence electrons. The van der Waals surface area contributed by atoms with E-state index in [1.165, 1.54) is 137 Å². The molecule has 0 unspecified atom stereocenters. The van der Waals surface area contributed by atoms with Gasteiger partial charge in [-0.05, 0) is 189 Å². The van der Waals surface area contributed by atoms with Gasteiger partial charge in [0.1, 0.15) is 5.75 Å². The van der Waals surface area contributed by atoms with Crippen molar-refractivity contribution in [2.24, 2.45) is 0 Å². The normalized spacial score (nSPS) is 15.9. The maximum absolute atomic E-state index is 5.64. The van der Waals surface area contributed by atoms with Crippen LogP contribution in [0.25, 0.3) is 0 Å². The quantitative estimate of drug-likeness (QED) is 0.0629. The number of hydrogen-bond acceptors (Lipinski definition) is 8. The van der Waals surface area contributed by atoms with Crippen molar-refractivity contribution >= 4 is 57.6 Å². The molecule has 2 fully saturated rings. The number of ether oxygens (including phenoxy) is 1. The lowest BCUT2D eigenvalue weighted by molar-refractivity contribution is 0.309. The van der Waals surface area contributed by atoms with Crippen LogP contribution in [0.15, 0.2) is 121 Å². The molecule has 8 nitrogen and oxygen atoms in total. The molecule has 0 aromatic heterocycles. The summed E-state index contributed by atoms with van der Waals surface area (Å²) >= 11 is 16.8. The first kappa shape index (κ1) is 75.8. The molecule has 80 heavy (non-hydrogen) atoms. The fourth-order valence-corrected chi connectivity index (χ4v) is 10.8. The van der Waals surface area contributed by atoms with Gasteiger partial charge in [-0.15, -0.1) is 0 Å². The number of methoxy groups -OCH3 is 1. The lowest BCUT2D eigenvalue weighted by Gasteiger charge is -2.44. The molecule has 0 bridgehead atoms. The largest absolute Gasteiger partial charge is 0.497 e. The van der Waals surface area contributed by atoms with Gasteiger partial charge < -0.3 is 40.3 Å². The second kappa shape index (κ2) is 46.3. The number of aryl methyl sites for hydroxylation is 2. The van der Waals surface area contributed by atoms with Gasteiger partial charge in [0, 0.05) is 108 Å². The third kappa shape index (κ3) is 30.2. The Morgan fingerprint density at radius 3 is 1.16 bits per heavy atom. The fraction of sp³-hybridized carbons (Fsp3) is 0.565. The van der Waals surface area contributed by atoms with Crippen molar-refractivity contribution in [3.63, 3.8) is 0 Å². The first-order chi connectivity index (χ1) is 37.7. The number of halogens is 3. The topological polar surface area (TPSA) is 58.3 Å². The van der Waals surface area contributed by atoms with Gasteiger partial charge in [-0.1, -0.05) is 159 Å². The SMILES string of the molecule is C.C.CCCN(CCC)c1cccc(N(CCC)CCC)c1.CCCNCCC.CN[C@@H]1CCCC[C@H]1NC.COc1cccc(N(C)[C@@H]2CCCC[C@H]2N(C)c2cccc(C)c2)c1.Cc1cccc(Cl)c1.Clc1cccc(Cl)c1. The summed E-state index contributed by atoms with van der Waals surface area (Å²) in [5.41, 5.74) is 7.83. The Labute approximate surface area is 507 Å². The Hall–Kier alpha value is -4.15. The van der Waals surface area contributed by atoms with Crippen LogP contribution in [-0.2, 0) is 0 Å². The summed E-state index contributed by atoms with van der Waals surface area (Å²) in [6.45, 7) is 24.5. The Morgan fingerprint density at radius 2 is 0.812 bits per heavy atom. The summed E-state index contributed by atoms with van der Waals surface area (Å²) in [5.74, 6) is 0.920. The highest BCUT2D eigenvalue weighted by Gasteiger charge is 2.32. The van der Waals surface area contributed by atoms with Gasteiger partial charge in [-0.2, -0.15) is 0 Å². The molecular formula is C69H114Cl3N7O. The van der Waals surface area contributed by atoms with E-state index >= 15 is 0 Å².